The number of fused-ring (bicyclic) bond motifs is 6. The van der Waals surface area contributed by atoms with Gasteiger partial charge in [0.1, 0.15) is 0 Å². The molecule has 2 heteroatoms. The molecule has 8 aromatic carbocycles. The summed E-state index contributed by atoms with van der Waals surface area (Å²) < 4.78 is 5.35. The van der Waals surface area contributed by atoms with Crippen LogP contribution in [0.2, 0.25) is 0 Å². The Labute approximate surface area is 299 Å². The quantitative estimate of drug-likeness (QED) is 0.171. The lowest BCUT2D eigenvalue weighted by atomic mass is 9.94. The van der Waals surface area contributed by atoms with Crippen LogP contribution < -0.4 is 0 Å². The fourth-order valence-corrected chi connectivity index (χ4v) is 9.76. The van der Waals surface area contributed by atoms with Gasteiger partial charge in [-0.2, -0.15) is 0 Å². The molecular weight excluding hydrogens is 641 g/mol. The van der Waals surface area contributed by atoms with Crippen LogP contribution in [-0.2, 0) is 0 Å². The summed E-state index contributed by atoms with van der Waals surface area (Å²) in [5.74, 6) is 0. The second kappa shape index (κ2) is 12.0. The summed E-state index contributed by atoms with van der Waals surface area (Å²) in [6.07, 6.45) is 0. The molecule has 0 atom stereocenters. The number of thiophene rings is 2. The Morgan fingerprint density at radius 2 is 0.640 bits per heavy atom. The molecular formula is C48H30S2. The van der Waals surface area contributed by atoms with Crippen LogP contribution in [0.5, 0.6) is 0 Å². The third kappa shape index (κ3) is 5.04. The average molecular weight is 671 g/mol. The standard InChI is InChI=1S/C48H30S2/c1-3-22-45-41(18-1)43-25-24-38(30-47(43)49-45)36-15-7-13-34(28-36)32-11-5-10-31(26-32)33-12-6-14-35(27-33)37-16-8-17-39(29-37)40-20-9-21-44-42-19-2-4-23-46(42)50-48(40)44/h1-30H. The smallest absolute Gasteiger partial charge is 0.0433 e. The Kier molecular flexibility index (Phi) is 6.97. The first-order valence-corrected chi connectivity index (χ1v) is 18.6. The van der Waals surface area contributed by atoms with E-state index in [-0.39, 0.29) is 0 Å². The molecule has 0 aliphatic heterocycles. The van der Waals surface area contributed by atoms with Gasteiger partial charge in [0.2, 0.25) is 0 Å². The molecule has 2 heterocycles. The fourth-order valence-electron chi connectivity index (χ4n) is 7.38. The molecule has 0 unspecified atom stereocenters. The van der Waals surface area contributed by atoms with Crippen molar-refractivity contribution in [2.45, 2.75) is 0 Å². The van der Waals surface area contributed by atoms with Crippen LogP contribution in [0.25, 0.3) is 96.0 Å². The lowest BCUT2D eigenvalue weighted by molar-refractivity contribution is 1.57. The van der Waals surface area contributed by atoms with Crippen molar-refractivity contribution in [1.29, 1.82) is 0 Å². The van der Waals surface area contributed by atoms with Gasteiger partial charge in [-0.25, -0.2) is 0 Å². The molecule has 0 aliphatic rings. The van der Waals surface area contributed by atoms with E-state index in [1.54, 1.807) is 0 Å². The summed E-state index contributed by atoms with van der Waals surface area (Å²) in [6.45, 7) is 0. The molecule has 0 amide bonds. The van der Waals surface area contributed by atoms with Gasteiger partial charge in [-0.15, -0.1) is 22.7 Å². The van der Waals surface area contributed by atoms with Crippen molar-refractivity contribution in [3.05, 3.63) is 182 Å². The van der Waals surface area contributed by atoms with Gasteiger partial charge in [0.15, 0.2) is 0 Å². The first-order valence-electron chi connectivity index (χ1n) is 17.0. The van der Waals surface area contributed by atoms with E-state index in [1.807, 2.05) is 22.7 Å². The Bertz CT molecular complexity index is 2880. The highest BCUT2D eigenvalue weighted by atomic mass is 32.1. The highest BCUT2D eigenvalue weighted by Crippen LogP contribution is 2.41. The molecule has 2 aromatic heterocycles. The van der Waals surface area contributed by atoms with Gasteiger partial charge >= 0.3 is 0 Å². The van der Waals surface area contributed by atoms with Crippen LogP contribution in [0.3, 0.4) is 0 Å². The minimum Gasteiger partial charge on any atom is -0.135 e. The van der Waals surface area contributed by atoms with E-state index in [9.17, 15) is 0 Å². The zero-order valence-electron chi connectivity index (χ0n) is 27.1. The maximum Gasteiger partial charge on any atom is 0.0433 e. The Morgan fingerprint density at radius 3 is 1.22 bits per heavy atom. The summed E-state index contributed by atoms with van der Waals surface area (Å²) in [7, 11) is 0. The van der Waals surface area contributed by atoms with Crippen LogP contribution in [-0.4, -0.2) is 0 Å². The van der Waals surface area contributed by atoms with E-state index in [0.29, 0.717) is 0 Å². The third-order valence-electron chi connectivity index (χ3n) is 9.88. The predicted molar refractivity (Wildman–Crippen MR) is 219 cm³/mol. The molecule has 234 valence electrons. The fraction of sp³-hybridized carbons (Fsp3) is 0. The minimum absolute atomic E-state index is 1.22. The van der Waals surface area contributed by atoms with Gasteiger partial charge in [-0.3, -0.25) is 0 Å². The van der Waals surface area contributed by atoms with Crippen molar-refractivity contribution >= 4 is 63.0 Å². The molecule has 0 aliphatic carbocycles. The van der Waals surface area contributed by atoms with Gasteiger partial charge in [-0.1, -0.05) is 140 Å². The van der Waals surface area contributed by atoms with E-state index in [4.69, 9.17) is 0 Å². The molecule has 0 saturated carbocycles. The van der Waals surface area contributed by atoms with E-state index in [2.05, 4.69) is 182 Å². The van der Waals surface area contributed by atoms with Gasteiger partial charge in [-0.05, 0) is 98.1 Å². The molecule has 10 aromatic rings. The lowest BCUT2D eigenvalue weighted by Crippen LogP contribution is -1.85. The third-order valence-corrected chi connectivity index (χ3v) is 12.2. The second-order valence-corrected chi connectivity index (χ2v) is 15.0. The number of rotatable bonds is 5. The zero-order valence-corrected chi connectivity index (χ0v) is 28.8. The lowest BCUT2D eigenvalue weighted by Gasteiger charge is -2.11. The van der Waals surface area contributed by atoms with Crippen molar-refractivity contribution in [2.24, 2.45) is 0 Å². The minimum atomic E-state index is 1.22. The van der Waals surface area contributed by atoms with Crippen LogP contribution >= 0.6 is 22.7 Å². The van der Waals surface area contributed by atoms with Gasteiger partial charge in [0.05, 0.1) is 0 Å². The molecule has 0 nitrogen and oxygen atoms in total. The SMILES string of the molecule is c1cc(-c2cccc(-c3cccc(-c4cccc5c4sc4ccccc45)c3)c2)cc(-c2cccc(-c3ccc4c(c3)sc3ccccc34)c2)c1. The molecule has 0 saturated heterocycles. The van der Waals surface area contributed by atoms with E-state index < -0.39 is 0 Å². The highest BCUT2D eigenvalue weighted by molar-refractivity contribution is 7.26. The Hall–Kier alpha value is -5.80. The van der Waals surface area contributed by atoms with E-state index in [1.165, 1.54) is 96.0 Å². The zero-order chi connectivity index (χ0) is 33.0. The van der Waals surface area contributed by atoms with Crippen molar-refractivity contribution < 1.29 is 0 Å². The molecule has 0 bridgehead atoms. The maximum absolute atomic E-state index is 2.35. The van der Waals surface area contributed by atoms with Crippen molar-refractivity contribution in [2.75, 3.05) is 0 Å². The molecule has 10 rings (SSSR count). The molecule has 0 spiro atoms. The summed E-state index contributed by atoms with van der Waals surface area (Å²) in [5.41, 5.74) is 12.3. The first-order chi connectivity index (χ1) is 24.7. The normalized spacial score (nSPS) is 11.6. The first kappa shape index (κ1) is 29.1. The van der Waals surface area contributed by atoms with Crippen molar-refractivity contribution in [1.82, 2.24) is 0 Å². The second-order valence-electron chi connectivity index (χ2n) is 12.9. The van der Waals surface area contributed by atoms with E-state index in [0.717, 1.165) is 0 Å². The monoisotopic (exact) mass is 670 g/mol. The summed E-state index contributed by atoms with van der Waals surface area (Å²) in [4.78, 5) is 0. The topological polar surface area (TPSA) is 0 Å². The Balaban J connectivity index is 0.977. The summed E-state index contributed by atoms with van der Waals surface area (Å²) in [6, 6.07) is 66.9. The van der Waals surface area contributed by atoms with Crippen LogP contribution in [0.4, 0.5) is 0 Å². The predicted octanol–water partition coefficient (Wildman–Crippen LogP) is 14.8. The van der Waals surface area contributed by atoms with E-state index >= 15 is 0 Å². The van der Waals surface area contributed by atoms with Gasteiger partial charge < -0.3 is 0 Å². The summed E-state index contributed by atoms with van der Waals surface area (Å²) in [5, 5.41) is 5.34. The molecule has 50 heavy (non-hydrogen) atoms. The summed E-state index contributed by atoms with van der Waals surface area (Å²) >= 11 is 3.76. The average Bonchev–Trinajstić information content (AvgIpc) is 3.76. The molecule has 0 N–H and O–H groups in total. The number of hydrogen-bond donors (Lipinski definition) is 0. The van der Waals surface area contributed by atoms with Crippen molar-refractivity contribution in [3.8, 4) is 55.6 Å². The maximum atomic E-state index is 2.35. The van der Waals surface area contributed by atoms with Crippen molar-refractivity contribution in [3.63, 3.8) is 0 Å². The highest BCUT2D eigenvalue weighted by Gasteiger charge is 2.12. The largest absolute Gasteiger partial charge is 0.135 e. The van der Waals surface area contributed by atoms with Crippen LogP contribution in [0.1, 0.15) is 0 Å². The molecule has 0 radical (unpaired) electrons. The Morgan fingerprint density at radius 1 is 0.240 bits per heavy atom. The van der Waals surface area contributed by atoms with Crippen LogP contribution in [0.15, 0.2) is 182 Å². The van der Waals surface area contributed by atoms with Gasteiger partial charge in [0.25, 0.3) is 0 Å². The van der Waals surface area contributed by atoms with Crippen LogP contribution in [0, 0.1) is 0 Å². The van der Waals surface area contributed by atoms with Gasteiger partial charge in [0, 0.05) is 40.3 Å². The molecule has 0 fully saturated rings. The number of hydrogen-bond acceptors (Lipinski definition) is 2. The number of benzene rings is 8.